The SMILES string of the molecule is Nc1cc(Br)cc2nc(-c3ccc(C(F)(F)F)cc3)oc12. The van der Waals surface area contributed by atoms with Crippen molar-refractivity contribution in [2.45, 2.75) is 6.18 Å². The van der Waals surface area contributed by atoms with E-state index in [1.807, 2.05) is 0 Å². The highest BCUT2D eigenvalue weighted by Crippen LogP contribution is 2.33. The summed E-state index contributed by atoms with van der Waals surface area (Å²) in [4.78, 5) is 4.24. The van der Waals surface area contributed by atoms with Crippen LogP contribution in [0.4, 0.5) is 18.9 Å². The summed E-state index contributed by atoms with van der Waals surface area (Å²) in [6.45, 7) is 0. The Morgan fingerprint density at radius 1 is 1.10 bits per heavy atom. The summed E-state index contributed by atoms with van der Waals surface area (Å²) in [6, 6.07) is 8.01. The summed E-state index contributed by atoms with van der Waals surface area (Å²) in [5.74, 6) is 0.225. The molecule has 21 heavy (non-hydrogen) atoms. The Kier molecular flexibility index (Phi) is 3.16. The summed E-state index contributed by atoms with van der Waals surface area (Å²) in [5, 5.41) is 0. The summed E-state index contributed by atoms with van der Waals surface area (Å²) < 4.78 is 43.9. The van der Waals surface area contributed by atoms with Crippen molar-refractivity contribution < 1.29 is 17.6 Å². The first-order valence-electron chi connectivity index (χ1n) is 5.88. The maximum atomic E-state index is 12.5. The molecule has 1 heterocycles. The lowest BCUT2D eigenvalue weighted by molar-refractivity contribution is -0.137. The molecule has 1 aromatic heterocycles. The van der Waals surface area contributed by atoms with Crippen LogP contribution in [0.1, 0.15) is 5.56 Å². The van der Waals surface area contributed by atoms with Gasteiger partial charge in [0.2, 0.25) is 5.89 Å². The number of hydrogen-bond acceptors (Lipinski definition) is 3. The normalized spacial score (nSPS) is 12.0. The third kappa shape index (κ3) is 2.61. The monoisotopic (exact) mass is 356 g/mol. The first-order valence-corrected chi connectivity index (χ1v) is 6.67. The quantitative estimate of drug-likeness (QED) is 0.633. The zero-order valence-electron chi connectivity index (χ0n) is 10.4. The molecule has 3 aromatic rings. The molecule has 0 aliphatic rings. The van der Waals surface area contributed by atoms with Crippen molar-refractivity contribution in [2.75, 3.05) is 5.73 Å². The van der Waals surface area contributed by atoms with Crippen LogP contribution in [0.2, 0.25) is 0 Å². The van der Waals surface area contributed by atoms with Gasteiger partial charge in [0.05, 0.1) is 11.3 Å². The maximum Gasteiger partial charge on any atom is 0.416 e. The molecule has 108 valence electrons. The molecule has 0 fully saturated rings. The topological polar surface area (TPSA) is 52.0 Å². The number of anilines is 1. The van der Waals surface area contributed by atoms with Gasteiger partial charge < -0.3 is 10.2 Å². The van der Waals surface area contributed by atoms with E-state index in [4.69, 9.17) is 10.2 Å². The average Bonchev–Trinajstić information content (AvgIpc) is 2.82. The van der Waals surface area contributed by atoms with Gasteiger partial charge in [0.15, 0.2) is 5.58 Å². The third-order valence-corrected chi connectivity index (χ3v) is 3.40. The fourth-order valence-corrected chi connectivity index (χ4v) is 2.41. The van der Waals surface area contributed by atoms with Gasteiger partial charge in [-0.25, -0.2) is 4.98 Å². The predicted molar refractivity (Wildman–Crippen MR) is 76.6 cm³/mol. The zero-order chi connectivity index (χ0) is 15.2. The first kappa shape index (κ1) is 13.9. The molecule has 0 spiro atoms. The molecule has 0 radical (unpaired) electrons. The molecule has 0 unspecified atom stereocenters. The molecule has 0 amide bonds. The third-order valence-electron chi connectivity index (χ3n) is 2.94. The molecule has 0 saturated carbocycles. The predicted octanol–water partition coefficient (Wildman–Crippen LogP) is 4.86. The van der Waals surface area contributed by atoms with Crippen LogP contribution in [-0.2, 0) is 6.18 Å². The van der Waals surface area contributed by atoms with Crippen LogP contribution in [0, 0.1) is 0 Å². The van der Waals surface area contributed by atoms with E-state index >= 15 is 0 Å². The van der Waals surface area contributed by atoms with Crippen molar-refractivity contribution in [1.29, 1.82) is 0 Å². The summed E-state index contributed by atoms with van der Waals surface area (Å²) in [7, 11) is 0. The second-order valence-electron chi connectivity index (χ2n) is 4.44. The van der Waals surface area contributed by atoms with Crippen LogP contribution < -0.4 is 5.73 Å². The van der Waals surface area contributed by atoms with Crippen molar-refractivity contribution in [3.05, 3.63) is 46.4 Å². The van der Waals surface area contributed by atoms with Gasteiger partial charge in [-0.3, -0.25) is 0 Å². The van der Waals surface area contributed by atoms with Gasteiger partial charge in [-0.05, 0) is 36.4 Å². The minimum absolute atomic E-state index is 0.225. The largest absolute Gasteiger partial charge is 0.434 e. The molecule has 0 bridgehead atoms. The number of oxazole rings is 1. The fourth-order valence-electron chi connectivity index (χ4n) is 1.95. The molecule has 2 N–H and O–H groups in total. The van der Waals surface area contributed by atoms with Gasteiger partial charge in [0.1, 0.15) is 5.52 Å². The standard InChI is InChI=1S/C14H8BrF3N2O/c15-9-5-10(19)12-11(6-9)20-13(21-12)7-1-3-8(4-2-7)14(16,17)18/h1-6H,19H2. The van der Waals surface area contributed by atoms with E-state index in [1.54, 1.807) is 12.1 Å². The van der Waals surface area contributed by atoms with E-state index in [0.717, 1.165) is 16.6 Å². The summed E-state index contributed by atoms with van der Waals surface area (Å²) in [6.07, 6.45) is -4.37. The van der Waals surface area contributed by atoms with E-state index in [-0.39, 0.29) is 5.89 Å². The highest BCUT2D eigenvalue weighted by Gasteiger charge is 2.30. The Bertz CT molecular complexity index is 809. The Balaban J connectivity index is 2.06. The van der Waals surface area contributed by atoms with Crippen LogP contribution in [0.5, 0.6) is 0 Å². The van der Waals surface area contributed by atoms with Crippen molar-refractivity contribution in [3.63, 3.8) is 0 Å². The Labute approximate surface area is 125 Å². The van der Waals surface area contributed by atoms with Gasteiger partial charge in [-0.15, -0.1) is 0 Å². The van der Waals surface area contributed by atoms with Crippen molar-refractivity contribution in [1.82, 2.24) is 4.98 Å². The second kappa shape index (κ2) is 4.77. The van der Waals surface area contributed by atoms with Gasteiger partial charge in [0, 0.05) is 10.0 Å². The molecule has 0 saturated heterocycles. The van der Waals surface area contributed by atoms with Gasteiger partial charge in [-0.2, -0.15) is 13.2 Å². The van der Waals surface area contributed by atoms with Crippen LogP contribution >= 0.6 is 15.9 Å². The number of nitrogen functional groups attached to an aromatic ring is 1. The number of aromatic nitrogens is 1. The number of benzene rings is 2. The van der Waals surface area contributed by atoms with Crippen LogP contribution in [0.3, 0.4) is 0 Å². The average molecular weight is 357 g/mol. The van der Waals surface area contributed by atoms with Crippen LogP contribution in [0.25, 0.3) is 22.6 Å². The lowest BCUT2D eigenvalue weighted by Crippen LogP contribution is -2.03. The minimum Gasteiger partial charge on any atom is -0.434 e. The lowest BCUT2D eigenvalue weighted by Gasteiger charge is -2.05. The van der Waals surface area contributed by atoms with Gasteiger partial charge in [0.25, 0.3) is 0 Å². The number of nitrogens with two attached hydrogens (primary N) is 1. The van der Waals surface area contributed by atoms with E-state index in [2.05, 4.69) is 20.9 Å². The van der Waals surface area contributed by atoms with Crippen molar-refractivity contribution in [3.8, 4) is 11.5 Å². The number of rotatable bonds is 1. The Morgan fingerprint density at radius 2 is 1.76 bits per heavy atom. The zero-order valence-corrected chi connectivity index (χ0v) is 12.0. The highest BCUT2D eigenvalue weighted by atomic mass is 79.9. The molecular formula is C14H8BrF3N2O. The van der Waals surface area contributed by atoms with E-state index in [0.29, 0.717) is 22.4 Å². The number of nitrogens with zero attached hydrogens (tertiary/aromatic N) is 1. The fraction of sp³-hybridized carbons (Fsp3) is 0.0714. The molecule has 0 aliphatic carbocycles. The maximum absolute atomic E-state index is 12.5. The van der Waals surface area contributed by atoms with Crippen molar-refractivity contribution in [2.24, 2.45) is 0 Å². The molecular weight excluding hydrogens is 349 g/mol. The molecule has 0 atom stereocenters. The Hall–Kier alpha value is -2.02. The first-order chi connectivity index (χ1) is 9.84. The van der Waals surface area contributed by atoms with Crippen LogP contribution in [0.15, 0.2) is 45.3 Å². The summed E-state index contributed by atoms with van der Waals surface area (Å²) >= 11 is 3.29. The molecule has 3 rings (SSSR count). The van der Waals surface area contributed by atoms with Gasteiger partial charge in [-0.1, -0.05) is 15.9 Å². The van der Waals surface area contributed by atoms with Crippen molar-refractivity contribution >= 4 is 32.7 Å². The highest BCUT2D eigenvalue weighted by molar-refractivity contribution is 9.10. The lowest BCUT2D eigenvalue weighted by atomic mass is 10.1. The Morgan fingerprint density at radius 3 is 2.38 bits per heavy atom. The molecule has 0 aliphatic heterocycles. The molecule has 2 aromatic carbocycles. The molecule has 7 heteroatoms. The van der Waals surface area contributed by atoms with E-state index in [9.17, 15) is 13.2 Å². The van der Waals surface area contributed by atoms with Gasteiger partial charge >= 0.3 is 6.18 Å². The number of fused-ring (bicyclic) bond motifs is 1. The van der Waals surface area contributed by atoms with Crippen LogP contribution in [-0.4, -0.2) is 4.98 Å². The minimum atomic E-state index is -4.37. The van der Waals surface area contributed by atoms with E-state index < -0.39 is 11.7 Å². The number of alkyl halides is 3. The summed E-state index contributed by atoms with van der Waals surface area (Å²) in [5.41, 5.74) is 6.91. The number of hydrogen-bond donors (Lipinski definition) is 1. The smallest absolute Gasteiger partial charge is 0.416 e. The van der Waals surface area contributed by atoms with E-state index in [1.165, 1.54) is 12.1 Å². The number of halogens is 4. The second-order valence-corrected chi connectivity index (χ2v) is 5.35. The molecule has 3 nitrogen and oxygen atoms in total.